The van der Waals surface area contributed by atoms with Gasteiger partial charge in [0.05, 0.1) is 12.7 Å². The summed E-state index contributed by atoms with van der Waals surface area (Å²) in [5.74, 6) is 0.452. The normalized spacial score (nSPS) is 19.6. The van der Waals surface area contributed by atoms with E-state index in [9.17, 15) is 4.79 Å². The summed E-state index contributed by atoms with van der Waals surface area (Å²) in [6, 6.07) is 7.60. The van der Waals surface area contributed by atoms with Crippen molar-refractivity contribution in [3.8, 4) is 0 Å². The molecule has 1 atom stereocenters. The van der Waals surface area contributed by atoms with E-state index in [2.05, 4.69) is 17.3 Å². The molecule has 0 radical (unpaired) electrons. The Morgan fingerprint density at radius 2 is 2.26 bits per heavy atom. The molecule has 0 aromatic heterocycles. The van der Waals surface area contributed by atoms with Gasteiger partial charge in [-0.3, -0.25) is 0 Å². The van der Waals surface area contributed by atoms with Crippen LogP contribution in [0.15, 0.2) is 24.3 Å². The predicted octanol–water partition coefficient (Wildman–Crippen LogP) is 1.51. The first-order chi connectivity index (χ1) is 9.20. The second-order valence-electron chi connectivity index (χ2n) is 5.20. The highest BCUT2D eigenvalue weighted by Gasteiger charge is 2.19. The summed E-state index contributed by atoms with van der Waals surface area (Å²) in [5.41, 5.74) is 1.65. The van der Waals surface area contributed by atoms with Crippen LogP contribution in [0.2, 0.25) is 0 Å². The molecule has 4 heteroatoms. The van der Waals surface area contributed by atoms with Crippen molar-refractivity contribution >= 4 is 5.97 Å². The monoisotopic (exact) mass is 262 g/mol. The fourth-order valence-corrected chi connectivity index (χ4v) is 2.59. The van der Waals surface area contributed by atoms with Gasteiger partial charge in [0.1, 0.15) is 0 Å². The van der Waals surface area contributed by atoms with Crippen molar-refractivity contribution < 1.29 is 9.53 Å². The summed E-state index contributed by atoms with van der Waals surface area (Å²) in [6.45, 7) is 4.06. The second-order valence-corrected chi connectivity index (χ2v) is 5.20. The molecule has 0 aliphatic carbocycles. The molecule has 0 bridgehead atoms. The Balaban J connectivity index is 1.87. The summed E-state index contributed by atoms with van der Waals surface area (Å²) < 4.78 is 4.80. The molecule has 1 saturated heterocycles. The van der Waals surface area contributed by atoms with Gasteiger partial charge in [0.2, 0.25) is 0 Å². The highest BCUT2D eigenvalue weighted by atomic mass is 16.5. The van der Waals surface area contributed by atoms with Crippen LogP contribution in [0, 0.1) is 5.92 Å². The standard InChI is InChI=1S/C15H22N2O2/c1-17-8-7-12(11-17)9-16-10-13-5-3-4-6-14(13)15(18)19-2/h3-6,12,16H,7-11H2,1-2H3. The fraction of sp³-hybridized carbons (Fsp3) is 0.533. The zero-order valence-corrected chi connectivity index (χ0v) is 11.7. The molecule has 1 unspecified atom stereocenters. The van der Waals surface area contributed by atoms with Gasteiger partial charge in [-0.1, -0.05) is 18.2 Å². The molecule has 1 aliphatic rings. The molecule has 1 aliphatic heterocycles. The van der Waals surface area contributed by atoms with E-state index in [0.29, 0.717) is 12.1 Å². The third-order valence-corrected chi connectivity index (χ3v) is 3.66. The Kier molecular flexibility index (Phi) is 4.93. The fourth-order valence-electron chi connectivity index (χ4n) is 2.59. The molecule has 1 aromatic carbocycles. The first kappa shape index (κ1) is 14.0. The maximum Gasteiger partial charge on any atom is 0.338 e. The van der Waals surface area contributed by atoms with Gasteiger partial charge in [-0.05, 0) is 44.1 Å². The number of methoxy groups -OCH3 is 1. The molecule has 0 saturated carbocycles. The van der Waals surface area contributed by atoms with Crippen LogP contribution in [0.4, 0.5) is 0 Å². The molecule has 1 aromatic rings. The summed E-state index contributed by atoms with van der Waals surface area (Å²) in [7, 11) is 3.58. The third-order valence-electron chi connectivity index (χ3n) is 3.66. The average Bonchev–Trinajstić information content (AvgIpc) is 2.84. The van der Waals surface area contributed by atoms with Crippen molar-refractivity contribution in [2.75, 3.05) is 33.8 Å². The van der Waals surface area contributed by atoms with Crippen molar-refractivity contribution in [1.82, 2.24) is 10.2 Å². The molecule has 1 fully saturated rings. The van der Waals surface area contributed by atoms with Gasteiger partial charge in [-0.15, -0.1) is 0 Å². The molecular weight excluding hydrogens is 240 g/mol. The Labute approximate surface area is 114 Å². The highest BCUT2D eigenvalue weighted by molar-refractivity contribution is 5.90. The van der Waals surface area contributed by atoms with Crippen molar-refractivity contribution in [3.05, 3.63) is 35.4 Å². The lowest BCUT2D eigenvalue weighted by Gasteiger charge is -2.13. The molecule has 1 N–H and O–H groups in total. The van der Waals surface area contributed by atoms with E-state index in [4.69, 9.17) is 4.74 Å². The van der Waals surface area contributed by atoms with Gasteiger partial charge in [0, 0.05) is 13.1 Å². The van der Waals surface area contributed by atoms with Crippen molar-refractivity contribution in [2.24, 2.45) is 5.92 Å². The minimum atomic E-state index is -0.266. The van der Waals surface area contributed by atoms with Crippen molar-refractivity contribution in [1.29, 1.82) is 0 Å². The van der Waals surface area contributed by atoms with Crippen molar-refractivity contribution in [3.63, 3.8) is 0 Å². The number of rotatable bonds is 5. The SMILES string of the molecule is COC(=O)c1ccccc1CNCC1CCN(C)C1. The lowest BCUT2D eigenvalue weighted by atomic mass is 10.1. The van der Waals surface area contributed by atoms with Crippen LogP contribution in [-0.2, 0) is 11.3 Å². The van der Waals surface area contributed by atoms with Gasteiger partial charge in [-0.25, -0.2) is 4.79 Å². The minimum absolute atomic E-state index is 0.266. The summed E-state index contributed by atoms with van der Waals surface area (Å²) in [6.07, 6.45) is 1.25. The Bertz CT molecular complexity index is 434. The maximum absolute atomic E-state index is 11.6. The number of nitrogens with one attached hydrogen (secondary N) is 1. The Morgan fingerprint density at radius 3 is 2.95 bits per heavy atom. The number of carbonyl (C=O) groups is 1. The number of nitrogens with zero attached hydrogens (tertiary/aromatic N) is 1. The highest BCUT2D eigenvalue weighted by Crippen LogP contribution is 2.14. The van der Waals surface area contributed by atoms with Gasteiger partial charge in [-0.2, -0.15) is 0 Å². The molecule has 0 amide bonds. The topological polar surface area (TPSA) is 41.6 Å². The first-order valence-corrected chi connectivity index (χ1v) is 6.76. The van der Waals surface area contributed by atoms with Crippen LogP contribution in [0.3, 0.4) is 0 Å². The van der Waals surface area contributed by atoms with E-state index in [1.807, 2.05) is 24.3 Å². The summed E-state index contributed by atoms with van der Waals surface area (Å²) >= 11 is 0. The quantitative estimate of drug-likeness (QED) is 0.817. The second kappa shape index (κ2) is 6.68. The largest absolute Gasteiger partial charge is 0.465 e. The number of likely N-dealkylation sites (tertiary alicyclic amines) is 1. The van der Waals surface area contributed by atoms with E-state index in [-0.39, 0.29) is 5.97 Å². The number of hydrogen-bond acceptors (Lipinski definition) is 4. The molecule has 19 heavy (non-hydrogen) atoms. The smallest absolute Gasteiger partial charge is 0.338 e. The number of benzene rings is 1. The number of carbonyl (C=O) groups excluding carboxylic acids is 1. The van der Waals surface area contributed by atoms with Gasteiger partial charge in [0.15, 0.2) is 0 Å². The van der Waals surface area contributed by atoms with Gasteiger partial charge >= 0.3 is 5.97 Å². The van der Waals surface area contributed by atoms with Gasteiger partial charge < -0.3 is 15.0 Å². The molecule has 104 valence electrons. The summed E-state index contributed by atoms with van der Waals surface area (Å²) in [4.78, 5) is 14.0. The Hall–Kier alpha value is -1.39. The molecular formula is C15H22N2O2. The third kappa shape index (κ3) is 3.78. The lowest BCUT2D eigenvalue weighted by Crippen LogP contribution is -2.25. The van der Waals surface area contributed by atoms with Crippen LogP contribution in [-0.4, -0.2) is 44.7 Å². The number of hydrogen-bond donors (Lipinski definition) is 1. The number of ether oxygens (including phenoxy) is 1. The molecule has 2 rings (SSSR count). The lowest BCUT2D eigenvalue weighted by molar-refractivity contribution is 0.0599. The van der Waals surface area contributed by atoms with E-state index < -0.39 is 0 Å². The van der Waals surface area contributed by atoms with Crippen LogP contribution in [0.5, 0.6) is 0 Å². The van der Waals surface area contributed by atoms with E-state index in [1.54, 1.807) is 0 Å². The average molecular weight is 262 g/mol. The minimum Gasteiger partial charge on any atom is -0.465 e. The maximum atomic E-state index is 11.6. The van der Waals surface area contributed by atoms with Crippen LogP contribution in [0.25, 0.3) is 0 Å². The van der Waals surface area contributed by atoms with Crippen LogP contribution >= 0.6 is 0 Å². The van der Waals surface area contributed by atoms with Gasteiger partial charge in [0.25, 0.3) is 0 Å². The first-order valence-electron chi connectivity index (χ1n) is 6.76. The Morgan fingerprint density at radius 1 is 1.47 bits per heavy atom. The number of esters is 1. The van der Waals surface area contributed by atoms with E-state index in [1.165, 1.54) is 20.1 Å². The summed E-state index contributed by atoms with van der Waals surface area (Å²) in [5, 5.41) is 3.45. The molecule has 0 spiro atoms. The van der Waals surface area contributed by atoms with E-state index in [0.717, 1.165) is 24.6 Å². The van der Waals surface area contributed by atoms with Crippen LogP contribution < -0.4 is 5.32 Å². The zero-order chi connectivity index (χ0) is 13.7. The molecule has 1 heterocycles. The predicted molar refractivity (Wildman–Crippen MR) is 75.1 cm³/mol. The zero-order valence-electron chi connectivity index (χ0n) is 11.7. The van der Waals surface area contributed by atoms with Crippen molar-refractivity contribution in [2.45, 2.75) is 13.0 Å². The molecule has 4 nitrogen and oxygen atoms in total. The van der Waals surface area contributed by atoms with Crippen LogP contribution in [0.1, 0.15) is 22.3 Å². The van der Waals surface area contributed by atoms with E-state index >= 15 is 0 Å².